The summed E-state index contributed by atoms with van der Waals surface area (Å²) in [6.07, 6.45) is -0.751. The van der Waals surface area contributed by atoms with E-state index in [2.05, 4.69) is 10.6 Å². The highest BCUT2D eigenvalue weighted by molar-refractivity contribution is 6.68. The van der Waals surface area contributed by atoms with Crippen LogP contribution in [0, 0.1) is 16.0 Å². The summed E-state index contributed by atoms with van der Waals surface area (Å²) in [4.78, 5) is 22.1. The van der Waals surface area contributed by atoms with E-state index in [4.69, 9.17) is 34.8 Å². The van der Waals surface area contributed by atoms with Gasteiger partial charge in [0.15, 0.2) is 0 Å². The Bertz CT molecular complexity index is 547. The molecule has 1 amide bonds. The molecule has 0 radical (unpaired) electrons. The second kappa shape index (κ2) is 7.85. The number of anilines is 1. The van der Waals surface area contributed by atoms with Crippen LogP contribution in [-0.2, 0) is 4.79 Å². The molecule has 9 heteroatoms. The van der Waals surface area contributed by atoms with Gasteiger partial charge in [-0.25, -0.2) is 0 Å². The molecular formula is C13H16Cl3N3O3. The van der Waals surface area contributed by atoms with Crippen molar-refractivity contribution >= 4 is 52.1 Å². The number of halogens is 3. The fourth-order valence-corrected chi connectivity index (χ4v) is 1.99. The van der Waals surface area contributed by atoms with Crippen LogP contribution in [0.1, 0.15) is 20.3 Å². The van der Waals surface area contributed by atoms with Gasteiger partial charge < -0.3 is 10.6 Å². The molecule has 0 aliphatic rings. The number of nitrogens with zero attached hydrogens (tertiary/aromatic N) is 1. The number of nitro groups is 1. The average molecular weight is 369 g/mol. The Balaban J connectivity index is 2.88. The van der Waals surface area contributed by atoms with Gasteiger partial charge in [-0.2, -0.15) is 0 Å². The molecule has 0 spiro atoms. The van der Waals surface area contributed by atoms with Crippen LogP contribution in [-0.4, -0.2) is 20.8 Å². The molecular weight excluding hydrogens is 353 g/mol. The number of alkyl halides is 3. The van der Waals surface area contributed by atoms with Gasteiger partial charge in [0.05, 0.1) is 4.92 Å². The molecule has 0 unspecified atom stereocenters. The monoisotopic (exact) mass is 367 g/mol. The Morgan fingerprint density at radius 2 is 2.00 bits per heavy atom. The number of carbonyl (C=O) groups excluding carboxylic acids is 1. The molecule has 0 saturated carbocycles. The molecule has 2 N–H and O–H groups in total. The van der Waals surface area contributed by atoms with Gasteiger partial charge in [-0.05, 0) is 12.0 Å². The lowest BCUT2D eigenvalue weighted by Crippen LogP contribution is -2.49. The lowest BCUT2D eigenvalue weighted by molar-refractivity contribution is -0.384. The molecule has 0 saturated heterocycles. The Morgan fingerprint density at radius 3 is 2.50 bits per heavy atom. The van der Waals surface area contributed by atoms with E-state index in [-0.39, 0.29) is 23.9 Å². The molecule has 1 rings (SSSR count). The molecule has 0 aliphatic carbocycles. The van der Waals surface area contributed by atoms with Crippen molar-refractivity contribution in [3.63, 3.8) is 0 Å². The third-order valence-electron chi connectivity index (χ3n) is 2.59. The van der Waals surface area contributed by atoms with Crippen LogP contribution >= 0.6 is 34.8 Å². The second-order valence-electron chi connectivity index (χ2n) is 5.09. The van der Waals surface area contributed by atoms with E-state index in [1.165, 1.54) is 18.2 Å². The Labute approximate surface area is 143 Å². The second-order valence-corrected chi connectivity index (χ2v) is 7.46. The summed E-state index contributed by atoms with van der Waals surface area (Å²) in [6, 6.07) is 5.70. The molecule has 1 atom stereocenters. The number of hydrogen-bond acceptors (Lipinski definition) is 4. The SMILES string of the molecule is CC(C)CC(=O)N[C@@H](Nc1cccc([N+](=O)[O-])c1)C(Cl)(Cl)Cl. The van der Waals surface area contributed by atoms with E-state index >= 15 is 0 Å². The van der Waals surface area contributed by atoms with Crippen LogP contribution in [0.25, 0.3) is 0 Å². The summed E-state index contributed by atoms with van der Waals surface area (Å²) in [5.74, 6) is -0.141. The third kappa shape index (κ3) is 6.25. The van der Waals surface area contributed by atoms with Crippen molar-refractivity contribution in [3.8, 4) is 0 Å². The lowest BCUT2D eigenvalue weighted by atomic mass is 10.1. The molecule has 6 nitrogen and oxygen atoms in total. The average Bonchev–Trinajstić information content (AvgIpc) is 2.36. The van der Waals surface area contributed by atoms with E-state index in [1.807, 2.05) is 13.8 Å². The standard InChI is InChI=1S/C13H16Cl3N3O3/c1-8(2)6-11(20)18-12(13(14,15)16)17-9-4-3-5-10(7-9)19(21)22/h3-5,7-8,12,17H,6H2,1-2H3,(H,18,20)/t12-/m1/s1. The highest BCUT2D eigenvalue weighted by Crippen LogP contribution is 2.31. The van der Waals surface area contributed by atoms with Gasteiger partial charge in [0.2, 0.25) is 9.70 Å². The molecule has 22 heavy (non-hydrogen) atoms. The number of hydrogen-bond donors (Lipinski definition) is 2. The maximum atomic E-state index is 11.8. The van der Waals surface area contributed by atoms with Gasteiger partial charge in [-0.15, -0.1) is 0 Å². The number of amides is 1. The minimum atomic E-state index is -1.82. The van der Waals surface area contributed by atoms with Crippen molar-refractivity contribution in [1.82, 2.24) is 5.32 Å². The first-order chi connectivity index (χ1) is 10.1. The number of rotatable bonds is 6. The van der Waals surface area contributed by atoms with Gasteiger partial charge >= 0.3 is 0 Å². The first kappa shape index (κ1) is 18.8. The summed E-state index contributed by atoms with van der Waals surface area (Å²) < 4.78 is -1.82. The van der Waals surface area contributed by atoms with Crippen molar-refractivity contribution in [2.24, 2.45) is 5.92 Å². The highest BCUT2D eigenvalue weighted by Gasteiger charge is 2.34. The minimum absolute atomic E-state index is 0.110. The number of carbonyl (C=O) groups is 1. The van der Waals surface area contributed by atoms with E-state index in [1.54, 1.807) is 6.07 Å². The maximum absolute atomic E-state index is 11.8. The van der Waals surface area contributed by atoms with Crippen molar-refractivity contribution in [2.45, 2.75) is 30.2 Å². The van der Waals surface area contributed by atoms with E-state index in [0.717, 1.165) is 0 Å². The molecule has 0 heterocycles. The smallest absolute Gasteiger partial charge is 0.271 e. The van der Waals surface area contributed by atoms with Gasteiger partial charge in [0, 0.05) is 24.2 Å². The molecule has 1 aromatic carbocycles. The van der Waals surface area contributed by atoms with Gasteiger partial charge in [0.25, 0.3) is 5.69 Å². The van der Waals surface area contributed by atoms with Gasteiger partial charge in [-0.3, -0.25) is 14.9 Å². The third-order valence-corrected chi connectivity index (χ3v) is 3.25. The topological polar surface area (TPSA) is 84.3 Å². The zero-order valence-corrected chi connectivity index (χ0v) is 14.2. The zero-order valence-electron chi connectivity index (χ0n) is 12.0. The molecule has 0 bridgehead atoms. The molecule has 0 aliphatic heterocycles. The molecule has 0 fully saturated rings. The number of non-ortho nitro benzene ring substituents is 1. The van der Waals surface area contributed by atoms with Crippen LogP contribution in [0.4, 0.5) is 11.4 Å². The number of benzene rings is 1. The van der Waals surface area contributed by atoms with E-state index in [0.29, 0.717) is 5.69 Å². The van der Waals surface area contributed by atoms with Crippen LogP contribution in [0.15, 0.2) is 24.3 Å². The first-order valence-corrected chi connectivity index (χ1v) is 7.60. The predicted octanol–water partition coefficient (Wildman–Crippen LogP) is 3.87. The fraction of sp³-hybridized carbons (Fsp3) is 0.462. The van der Waals surface area contributed by atoms with E-state index < -0.39 is 14.9 Å². The Morgan fingerprint density at radius 1 is 1.36 bits per heavy atom. The van der Waals surface area contributed by atoms with Crippen molar-refractivity contribution in [2.75, 3.05) is 5.32 Å². The quantitative estimate of drug-likeness (QED) is 0.345. The van der Waals surface area contributed by atoms with Crippen LogP contribution < -0.4 is 10.6 Å². The van der Waals surface area contributed by atoms with Crippen molar-refractivity contribution in [1.29, 1.82) is 0 Å². The first-order valence-electron chi connectivity index (χ1n) is 6.46. The Hall–Kier alpha value is -1.24. The lowest BCUT2D eigenvalue weighted by Gasteiger charge is -2.27. The van der Waals surface area contributed by atoms with Crippen LogP contribution in [0.5, 0.6) is 0 Å². The largest absolute Gasteiger partial charge is 0.362 e. The van der Waals surface area contributed by atoms with Crippen LogP contribution in [0.2, 0.25) is 0 Å². The summed E-state index contributed by atoms with van der Waals surface area (Å²) in [7, 11) is 0. The zero-order chi connectivity index (χ0) is 16.9. The van der Waals surface area contributed by atoms with Crippen molar-refractivity contribution in [3.05, 3.63) is 34.4 Å². The fourth-order valence-electron chi connectivity index (χ4n) is 1.67. The number of nitro benzene ring substituents is 1. The van der Waals surface area contributed by atoms with Crippen LogP contribution in [0.3, 0.4) is 0 Å². The predicted molar refractivity (Wildman–Crippen MR) is 88.4 cm³/mol. The summed E-state index contributed by atoms with van der Waals surface area (Å²) >= 11 is 17.6. The van der Waals surface area contributed by atoms with E-state index in [9.17, 15) is 14.9 Å². The highest BCUT2D eigenvalue weighted by atomic mass is 35.6. The minimum Gasteiger partial charge on any atom is -0.362 e. The van der Waals surface area contributed by atoms with Gasteiger partial charge in [-0.1, -0.05) is 54.7 Å². The maximum Gasteiger partial charge on any atom is 0.271 e. The molecule has 1 aromatic rings. The Kier molecular flexibility index (Phi) is 6.71. The molecule has 0 aromatic heterocycles. The molecule has 122 valence electrons. The van der Waals surface area contributed by atoms with Crippen molar-refractivity contribution < 1.29 is 9.72 Å². The normalized spacial score (nSPS) is 12.8. The number of nitrogens with one attached hydrogen (secondary N) is 2. The summed E-state index contributed by atoms with van der Waals surface area (Å²) in [5, 5.41) is 16.1. The summed E-state index contributed by atoms with van der Waals surface area (Å²) in [5.41, 5.74) is 0.247. The van der Waals surface area contributed by atoms with Gasteiger partial charge in [0.1, 0.15) is 6.17 Å². The summed E-state index contributed by atoms with van der Waals surface area (Å²) in [6.45, 7) is 3.77.